The molecule has 0 aromatic heterocycles. The number of nitrogens with one attached hydrogen (secondary N) is 1. The summed E-state index contributed by atoms with van der Waals surface area (Å²) in [6.07, 6.45) is 5.42. The monoisotopic (exact) mass is 359 g/mol. The first-order chi connectivity index (χ1) is 11.0. The molecule has 2 aliphatic carbocycles. The van der Waals surface area contributed by atoms with Gasteiger partial charge in [-0.3, -0.25) is 9.59 Å². The summed E-state index contributed by atoms with van der Waals surface area (Å²) in [4.78, 5) is 25.9. The van der Waals surface area contributed by atoms with Gasteiger partial charge in [-0.1, -0.05) is 6.42 Å². The van der Waals surface area contributed by atoms with Gasteiger partial charge in [0.2, 0.25) is 11.8 Å². The zero-order valence-corrected chi connectivity index (χ0v) is 15.2. The quantitative estimate of drug-likeness (QED) is 0.785. The Labute approximate surface area is 150 Å². The molecular formula is C17H30ClN3O3. The number of amides is 2. The third kappa shape index (κ3) is 4.41. The number of carbonyl (C=O) groups excluding carboxylic acids is 2. The van der Waals surface area contributed by atoms with E-state index in [1.54, 1.807) is 0 Å². The van der Waals surface area contributed by atoms with E-state index in [9.17, 15) is 9.59 Å². The number of rotatable bonds is 3. The Balaban J connectivity index is 0.00000208. The van der Waals surface area contributed by atoms with E-state index >= 15 is 0 Å². The minimum Gasteiger partial charge on any atom is -0.373 e. The number of carbonyl (C=O) groups is 2. The van der Waals surface area contributed by atoms with Crippen LogP contribution in [0.15, 0.2) is 0 Å². The molecule has 2 bridgehead atoms. The lowest BCUT2D eigenvalue weighted by Gasteiger charge is -2.45. The van der Waals surface area contributed by atoms with Crippen LogP contribution in [-0.4, -0.2) is 55.1 Å². The summed E-state index contributed by atoms with van der Waals surface area (Å²) in [6, 6.07) is 0.296. The van der Waals surface area contributed by atoms with Gasteiger partial charge in [-0.2, -0.15) is 0 Å². The Morgan fingerprint density at radius 3 is 2.54 bits per heavy atom. The summed E-state index contributed by atoms with van der Waals surface area (Å²) >= 11 is 0. The highest BCUT2D eigenvalue weighted by molar-refractivity contribution is 5.85. The van der Waals surface area contributed by atoms with Crippen molar-refractivity contribution < 1.29 is 14.3 Å². The van der Waals surface area contributed by atoms with Crippen LogP contribution in [0, 0.1) is 17.8 Å². The fourth-order valence-electron chi connectivity index (χ4n) is 4.55. The molecule has 138 valence electrons. The lowest BCUT2D eigenvalue weighted by Crippen LogP contribution is -2.54. The molecule has 0 spiro atoms. The predicted molar refractivity (Wildman–Crippen MR) is 93.8 cm³/mol. The van der Waals surface area contributed by atoms with Crippen LogP contribution in [0.3, 0.4) is 0 Å². The summed E-state index contributed by atoms with van der Waals surface area (Å²) in [5.41, 5.74) is 6.33. The first-order valence-electron chi connectivity index (χ1n) is 8.95. The van der Waals surface area contributed by atoms with E-state index in [2.05, 4.69) is 5.32 Å². The summed E-state index contributed by atoms with van der Waals surface area (Å²) in [5.74, 6) is 1.38. The van der Waals surface area contributed by atoms with Gasteiger partial charge in [0.1, 0.15) is 0 Å². The zero-order valence-electron chi connectivity index (χ0n) is 14.4. The Morgan fingerprint density at radius 2 is 1.92 bits per heavy atom. The topological polar surface area (TPSA) is 84.7 Å². The van der Waals surface area contributed by atoms with Crippen LogP contribution in [0.25, 0.3) is 0 Å². The molecule has 0 aromatic rings. The van der Waals surface area contributed by atoms with Gasteiger partial charge in [0.15, 0.2) is 0 Å². The predicted octanol–water partition coefficient (Wildman–Crippen LogP) is 0.925. The molecule has 1 saturated heterocycles. The fraction of sp³-hybridized carbons (Fsp3) is 0.882. The Bertz CT molecular complexity index is 448. The average Bonchev–Trinajstić information content (AvgIpc) is 2.52. The molecule has 3 aliphatic rings. The molecule has 24 heavy (non-hydrogen) atoms. The summed E-state index contributed by atoms with van der Waals surface area (Å²) in [5, 5.41) is 2.77. The molecule has 3 fully saturated rings. The van der Waals surface area contributed by atoms with E-state index in [0.717, 1.165) is 12.8 Å². The molecule has 3 N–H and O–H groups in total. The third-order valence-corrected chi connectivity index (χ3v) is 5.79. The van der Waals surface area contributed by atoms with Crippen molar-refractivity contribution in [3.63, 3.8) is 0 Å². The van der Waals surface area contributed by atoms with E-state index in [1.165, 1.54) is 26.2 Å². The van der Waals surface area contributed by atoms with Gasteiger partial charge in [-0.15, -0.1) is 12.4 Å². The fourth-order valence-corrected chi connectivity index (χ4v) is 4.55. The van der Waals surface area contributed by atoms with Gasteiger partial charge in [0.25, 0.3) is 0 Å². The molecule has 2 amide bonds. The Morgan fingerprint density at radius 1 is 1.25 bits per heavy atom. The third-order valence-electron chi connectivity index (χ3n) is 5.79. The number of hydrogen-bond acceptors (Lipinski definition) is 4. The number of ether oxygens (including phenoxy) is 1. The smallest absolute Gasteiger partial charge is 0.225 e. The van der Waals surface area contributed by atoms with Gasteiger partial charge >= 0.3 is 0 Å². The number of nitrogens with zero attached hydrogens (tertiary/aromatic N) is 1. The van der Waals surface area contributed by atoms with Crippen LogP contribution in [-0.2, 0) is 14.3 Å². The van der Waals surface area contributed by atoms with Crippen molar-refractivity contribution in [3.05, 3.63) is 0 Å². The van der Waals surface area contributed by atoms with Crippen molar-refractivity contribution in [1.29, 1.82) is 0 Å². The minimum atomic E-state index is -0.0954. The normalized spacial score (nSPS) is 35.8. The van der Waals surface area contributed by atoms with E-state index in [4.69, 9.17) is 10.5 Å². The second kappa shape index (κ2) is 8.50. The van der Waals surface area contributed by atoms with Crippen molar-refractivity contribution >= 4 is 24.2 Å². The van der Waals surface area contributed by atoms with Crippen LogP contribution in [0.4, 0.5) is 0 Å². The summed E-state index contributed by atoms with van der Waals surface area (Å²) < 4.78 is 5.66. The molecular weight excluding hydrogens is 330 g/mol. The number of halogens is 1. The lowest BCUT2D eigenvalue weighted by atomic mass is 9.65. The van der Waals surface area contributed by atoms with E-state index in [1.807, 2.05) is 4.90 Å². The van der Waals surface area contributed by atoms with Gasteiger partial charge in [0.05, 0.1) is 12.7 Å². The molecule has 1 aliphatic heterocycles. The lowest BCUT2D eigenvalue weighted by molar-refractivity contribution is -0.146. The van der Waals surface area contributed by atoms with E-state index in [-0.39, 0.29) is 36.2 Å². The first kappa shape index (κ1) is 19.5. The average molecular weight is 360 g/mol. The van der Waals surface area contributed by atoms with Crippen molar-refractivity contribution in [2.24, 2.45) is 23.5 Å². The van der Waals surface area contributed by atoms with E-state index < -0.39 is 0 Å². The maximum atomic E-state index is 12.9. The number of fused-ring (bicyclic) bond motifs is 2. The summed E-state index contributed by atoms with van der Waals surface area (Å²) in [7, 11) is 0. The van der Waals surface area contributed by atoms with Crippen molar-refractivity contribution in [3.8, 4) is 0 Å². The molecule has 3 unspecified atom stereocenters. The van der Waals surface area contributed by atoms with Crippen molar-refractivity contribution in [2.75, 3.05) is 26.2 Å². The van der Waals surface area contributed by atoms with Crippen LogP contribution < -0.4 is 11.1 Å². The Hall–Kier alpha value is -0.850. The highest BCUT2D eigenvalue weighted by Crippen LogP contribution is 2.42. The molecule has 2 saturated carbocycles. The Kier molecular flexibility index (Phi) is 6.89. The van der Waals surface area contributed by atoms with Crippen LogP contribution in [0.1, 0.15) is 39.0 Å². The molecule has 0 aromatic carbocycles. The number of morpholine rings is 1. The minimum absolute atomic E-state index is 0. The number of nitrogens with two attached hydrogens (primary N) is 1. The second-order valence-electron chi connectivity index (χ2n) is 7.41. The molecule has 1 heterocycles. The van der Waals surface area contributed by atoms with Gasteiger partial charge in [-0.05, 0) is 37.5 Å². The van der Waals surface area contributed by atoms with Crippen molar-refractivity contribution in [1.82, 2.24) is 10.2 Å². The molecule has 0 radical (unpaired) electrons. The maximum Gasteiger partial charge on any atom is 0.225 e. The maximum absolute atomic E-state index is 12.9. The zero-order chi connectivity index (χ0) is 16.4. The molecule has 6 nitrogen and oxygen atoms in total. The molecule has 3 rings (SSSR count). The molecule has 3 atom stereocenters. The van der Waals surface area contributed by atoms with Crippen LogP contribution >= 0.6 is 12.4 Å². The van der Waals surface area contributed by atoms with Crippen LogP contribution in [0.5, 0.6) is 0 Å². The largest absolute Gasteiger partial charge is 0.373 e. The van der Waals surface area contributed by atoms with E-state index in [0.29, 0.717) is 44.1 Å². The van der Waals surface area contributed by atoms with Crippen LogP contribution in [0.2, 0.25) is 0 Å². The standard InChI is InChI=1S/C17H29N3O3.ClH/c1-11(21)19-9-15-10-20(5-6-23-15)17(22)14-7-12-3-2-4-13(8-14)16(12)18;/h12-16H,2-10,18H2,1H3,(H,19,21);1H. The van der Waals surface area contributed by atoms with Gasteiger partial charge < -0.3 is 20.7 Å². The van der Waals surface area contributed by atoms with Gasteiger partial charge in [0, 0.05) is 38.5 Å². The van der Waals surface area contributed by atoms with Crippen molar-refractivity contribution in [2.45, 2.75) is 51.2 Å². The second-order valence-corrected chi connectivity index (χ2v) is 7.41. The van der Waals surface area contributed by atoms with Gasteiger partial charge in [-0.25, -0.2) is 0 Å². The molecule has 7 heteroatoms. The SMILES string of the molecule is CC(=O)NCC1CN(C(=O)C2CC3CCCC(C2)C3N)CCO1.Cl. The first-order valence-corrected chi connectivity index (χ1v) is 8.95. The highest BCUT2D eigenvalue weighted by Gasteiger charge is 2.42. The highest BCUT2D eigenvalue weighted by atomic mass is 35.5. The number of hydrogen-bond donors (Lipinski definition) is 2. The summed E-state index contributed by atoms with van der Waals surface area (Å²) in [6.45, 7) is 3.76.